The number of carbonyl (C=O) groups is 2. The van der Waals surface area contributed by atoms with Gasteiger partial charge in [0.15, 0.2) is 0 Å². The molecule has 4 rings (SSSR count). The van der Waals surface area contributed by atoms with Crippen LogP contribution in [-0.4, -0.2) is 29.8 Å². The van der Waals surface area contributed by atoms with Crippen LogP contribution in [0.2, 0.25) is 5.02 Å². The Morgan fingerprint density at radius 1 is 0.879 bits per heavy atom. The zero-order chi connectivity index (χ0) is 23.0. The highest BCUT2D eigenvalue weighted by atomic mass is 35.5. The van der Waals surface area contributed by atoms with E-state index in [1.54, 1.807) is 24.3 Å². The van der Waals surface area contributed by atoms with Gasteiger partial charge in [0.05, 0.1) is 0 Å². The number of carbonyl (C=O) groups excluding carboxylic acids is 2. The molecule has 2 amide bonds. The van der Waals surface area contributed by atoms with E-state index in [-0.39, 0.29) is 17.7 Å². The molecule has 0 unspecified atom stereocenters. The first-order valence-corrected chi connectivity index (χ1v) is 11.6. The molecular formula is C27H28ClN3O2. The fourth-order valence-electron chi connectivity index (χ4n) is 4.09. The number of hydrogen-bond acceptors (Lipinski definition) is 3. The van der Waals surface area contributed by atoms with Gasteiger partial charge in [-0.3, -0.25) is 14.5 Å². The van der Waals surface area contributed by atoms with Crippen molar-refractivity contribution >= 4 is 29.1 Å². The van der Waals surface area contributed by atoms with Crippen LogP contribution in [0.4, 0.5) is 5.69 Å². The molecule has 0 spiro atoms. The first kappa shape index (κ1) is 23.0. The Balaban J connectivity index is 1.25. The predicted molar refractivity (Wildman–Crippen MR) is 132 cm³/mol. The SMILES string of the molecule is O=C(Nc1cccc(CN2CCC(C(=O)NCc3ccccc3)CC2)c1)c1ccc(Cl)cc1. The molecule has 0 saturated carbocycles. The molecule has 0 bridgehead atoms. The molecule has 1 aliphatic rings. The molecule has 170 valence electrons. The average molecular weight is 462 g/mol. The van der Waals surface area contributed by atoms with Crippen LogP contribution in [0.25, 0.3) is 0 Å². The van der Waals surface area contributed by atoms with Gasteiger partial charge in [-0.25, -0.2) is 0 Å². The molecule has 0 atom stereocenters. The van der Waals surface area contributed by atoms with Crippen LogP contribution < -0.4 is 10.6 Å². The number of hydrogen-bond donors (Lipinski definition) is 2. The lowest BCUT2D eigenvalue weighted by Gasteiger charge is -2.31. The largest absolute Gasteiger partial charge is 0.352 e. The van der Waals surface area contributed by atoms with Crippen LogP contribution in [0, 0.1) is 5.92 Å². The van der Waals surface area contributed by atoms with Crippen LogP contribution in [0.3, 0.4) is 0 Å². The minimum atomic E-state index is -0.161. The fraction of sp³-hybridized carbons (Fsp3) is 0.259. The highest BCUT2D eigenvalue weighted by Crippen LogP contribution is 2.21. The highest BCUT2D eigenvalue weighted by Gasteiger charge is 2.24. The summed E-state index contributed by atoms with van der Waals surface area (Å²) in [6, 6.07) is 24.7. The van der Waals surface area contributed by atoms with Gasteiger partial charge >= 0.3 is 0 Å². The molecule has 2 N–H and O–H groups in total. The fourth-order valence-corrected chi connectivity index (χ4v) is 4.22. The number of benzene rings is 3. The maximum atomic E-state index is 12.5. The summed E-state index contributed by atoms with van der Waals surface area (Å²) in [7, 11) is 0. The van der Waals surface area contributed by atoms with E-state index in [1.807, 2.05) is 48.5 Å². The Bertz CT molecular complexity index is 1080. The molecule has 33 heavy (non-hydrogen) atoms. The zero-order valence-electron chi connectivity index (χ0n) is 18.5. The third-order valence-electron chi connectivity index (χ3n) is 5.97. The van der Waals surface area contributed by atoms with E-state index < -0.39 is 0 Å². The number of halogens is 1. The molecule has 3 aromatic carbocycles. The molecule has 1 saturated heterocycles. The van der Waals surface area contributed by atoms with Gasteiger partial charge in [0.25, 0.3) is 5.91 Å². The lowest BCUT2D eigenvalue weighted by molar-refractivity contribution is -0.126. The van der Waals surface area contributed by atoms with Crippen molar-refractivity contribution < 1.29 is 9.59 Å². The van der Waals surface area contributed by atoms with Crippen LogP contribution in [0.5, 0.6) is 0 Å². The maximum Gasteiger partial charge on any atom is 0.255 e. The Labute approximate surface area is 199 Å². The van der Waals surface area contributed by atoms with E-state index in [4.69, 9.17) is 11.6 Å². The summed E-state index contributed by atoms with van der Waals surface area (Å²) in [6.45, 7) is 3.13. The Hall–Kier alpha value is -3.15. The van der Waals surface area contributed by atoms with Crippen molar-refractivity contribution in [2.24, 2.45) is 5.92 Å². The Kier molecular flexibility index (Phi) is 7.76. The molecule has 1 aliphatic heterocycles. The number of amides is 2. The summed E-state index contributed by atoms with van der Waals surface area (Å²) in [5.74, 6) is 0.0477. The lowest BCUT2D eigenvalue weighted by Crippen LogP contribution is -2.40. The van der Waals surface area contributed by atoms with Gasteiger partial charge in [0.2, 0.25) is 5.91 Å². The van der Waals surface area contributed by atoms with Crippen LogP contribution in [0.1, 0.15) is 34.3 Å². The molecule has 0 aromatic heterocycles. The van der Waals surface area contributed by atoms with Crippen molar-refractivity contribution in [1.29, 1.82) is 0 Å². The minimum absolute atomic E-state index is 0.0648. The predicted octanol–water partition coefficient (Wildman–Crippen LogP) is 5.12. The Morgan fingerprint density at radius 2 is 1.58 bits per heavy atom. The summed E-state index contributed by atoms with van der Waals surface area (Å²) in [5.41, 5.74) is 3.59. The second-order valence-corrected chi connectivity index (χ2v) is 8.85. The van der Waals surface area contributed by atoms with Crippen molar-refractivity contribution in [3.05, 3.63) is 101 Å². The monoisotopic (exact) mass is 461 g/mol. The van der Waals surface area contributed by atoms with Crippen molar-refractivity contribution in [3.8, 4) is 0 Å². The number of nitrogens with one attached hydrogen (secondary N) is 2. The standard InChI is InChI=1S/C27H28ClN3O2/c28-24-11-9-22(10-12-24)27(33)30-25-8-4-7-21(17-25)19-31-15-13-23(14-16-31)26(32)29-18-20-5-2-1-3-6-20/h1-12,17,23H,13-16,18-19H2,(H,29,32)(H,30,33). The average Bonchev–Trinajstić information content (AvgIpc) is 2.84. The topological polar surface area (TPSA) is 61.4 Å². The molecule has 1 fully saturated rings. The third kappa shape index (κ3) is 6.67. The lowest BCUT2D eigenvalue weighted by atomic mass is 9.95. The van der Waals surface area contributed by atoms with E-state index >= 15 is 0 Å². The van der Waals surface area contributed by atoms with E-state index in [2.05, 4.69) is 21.6 Å². The Morgan fingerprint density at radius 3 is 2.30 bits per heavy atom. The van der Waals surface area contributed by atoms with Crippen molar-refractivity contribution in [2.75, 3.05) is 18.4 Å². The van der Waals surface area contributed by atoms with Crippen molar-refractivity contribution in [3.63, 3.8) is 0 Å². The molecule has 3 aromatic rings. The zero-order valence-corrected chi connectivity index (χ0v) is 19.2. The molecule has 5 nitrogen and oxygen atoms in total. The first-order chi connectivity index (χ1) is 16.1. The number of likely N-dealkylation sites (tertiary alicyclic amines) is 1. The molecule has 0 radical (unpaired) electrons. The van der Waals surface area contributed by atoms with E-state index in [0.29, 0.717) is 17.1 Å². The molecule has 1 heterocycles. The van der Waals surface area contributed by atoms with E-state index in [0.717, 1.165) is 49.3 Å². The van der Waals surface area contributed by atoms with Gasteiger partial charge in [-0.05, 0) is 73.5 Å². The summed E-state index contributed by atoms with van der Waals surface area (Å²) < 4.78 is 0. The van der Waals surface area contributed by atoms with Gasteiger partial charge in [0.1, 0.15) is 0 Å². The number of anilines is 1. The van der Waals surface area contributed by atoms with E-state index in [1.165, 1.54) is 0 Å². The van der Waals surface area contributed by atoms with Crippen LogP contribution in [0.15, 0.2) is 78.9 Å². The maximum absolute atomic E-state index is 12.5. The van der Waals surface area contributed by atoms with Crippen molar-refractivity contribution in [1.82, 2.24) is 10.2 Å². The molecule has 6 heteroatoms. The van der Waals surface area contributed by atoms with Crippen molar-refractivity contribution in [2.45, 2.75) is 25.9 Å². The smallest absolute Gasteiger partial charge is 0.255 e. The van der Waals surface area contributed by atoms with Gasteiger partial charge in [-0.2, -0.15) is 0 Å². The first-order valence-electron chi connectivity index (χ1n) is 11.3. The van der Waals surface area contributed by atoms with Gasteiger partial charge in [-0.15, -0.1) is 0 Å². The number of nitrogens with zero attached hydrogens (tertiary/aromatic N) is 1. The van der Waals surface area contributed by atoms with E-state index in [9.17, 15) is 9.59 Å². The van der Waals surface area contributed by atoms with Gasteiger partial charge in [0, 0.05) is 35.3 Å². The normalized spacial score (nSPS) is 14.6. The molecular weight excluding hydrogens is 434 g/mol. The number of piperidine rings is 1. The summed E-state index contributed by atoms with van der Waals surface area (Å²) in [5, 5.41) is 6.62. The highest BCUT2D eigenvalue weighted by molar-refractivity contribution is 6.30. The van der Waals surface area contributed by atoms with Crippen LogP contribution >= 0.6 is 11.6 Å². The van der Waals surface area contributed by atoms with Crippen LogP contribution in [-0.2, 0) is 17.9 Å². The van der Waals surface area contributed by atoms with Gasteiger partial charge in [-0.1, -0.05) is 54.1 Å². The second-order valence-electron chi connectivity index (χ2n) is 8.42. The summed E-state index contributed by atoms with van der Waals surface area (Å²) >= 11 is 5.90. The quantitative estimate of drug-likeness (QED) is 0.513. The van der Waals surface area contributed by atoms with Gasteiger partial charge < -0.3 is 10.6 Å². The minimum Gasteiger partial charge on any atom is -0.352 e. The summed E-state index contributed by atoms with van der Waals surface area (Å²) in [4.78, 5) is 27.4. The second kappa shape index (κ2) is 11.1. The third-order valence-corrected chi connectivity index (χ3v) is 6.22. The number of rotatable bonds is 7. The molecule has 0 aliphatic carbocycles. The summed E-state index contributed by atoms with van der Waals surface area (Å²) in [6.07, 6.45) is 1.71.